The Kier molecular flexibility index (Phi) is 5.70. The van der Waals surface area contributed by atoms with Gasteiger partial charge in [0.1, 0.15) is 0 Å². The van der Waals surface area contributed by atoms with Gasteiger partial charge >= 0.3 is 0 Å². The summed E-state index contributed by atoms with van der Waals surface area (Å²) in [5, 5.41) is 2.95. The molecule has 3 aromatic carbocycles. The van der Waals surface area contributed by atoms with Gasteiger partial charge in [-0.25, -0.2) is 13.1 Å². The molecule has 1 aliphatic rings. The number of hydrogen-bond donors (Lipinski definition) is 2. The van der Waals surface area contributed by atoms with Gasteiger partial charge in [0.2, 0.25) is 10.0 Å². The molecule has 6 heteroatoms. The Bertz CT molecular complexity index is 1140. The molecule has 1 atom stereocenters. The Hall–Kier alpha value is -2.96. The number of carbonyl (C=O) groups is 1. The molecular formula is C24H24N2O3S. The van der Waals surface area contributed by atoms with E-state index in [2.05, 4.69) is 22.2 Å². The van der Waals surface area contributed by atoms with E-state index in [4.69, 9.17) is 0 Å². The molecule has 0 spiro atoms. The van der Waals surface area contributed by atoms with Crippen molar-refractivity contribution in [2.45, 2.75) is 36.7 Å². The standard InChI is InChI=1S/C24H24N2O3S/c1-17(18-10-12-20(13-11-18)19-6-3-2-4-7-19)25-24(27)21-8-5-9-23(16-21)30(28,29)26-22-14-15-22/h2-13,16-17,22,26H,14-15H2,1H3,(H,25,27). The average Bonchev–Trinajstić information content (AvgIpc) is 3.58. The summed E-state index contributed by atoms with van der Waals surface area (Å²) in [5.74, 6) is -0.307. The zero-order valence-corrected chi connectivity index (χ0v) is 17.5. The van der Waals surface area contributed by atoms with Crippen LogP contribution in [0.4, 0.5) is 0 Å². The third kappa shape index (κ3) is 4.78. The highest BCUT2D eigenvalue weighted by atomic mass is 32.2. The molecule has 1 saturated carbocycles. The maximum atomic E-state index is 12.7. The zero-order chi connectivity index (χ0) is 21.1. The summed E-state index contributed by atoms with van der Waals surface area (Å²) in [7, 11) is -3.59. The Balaban J connectivity index is 1.45. The van der Waals surface area contributed by atoms with Gasteiger partial charge in [-0.3, -0.25) is 4.79 Å². The van der Waals surface area contributed by atoms with E-state index in [1.165, 1.54) is 12.1 Å². The number of rotatable bonds is 7. The van der Waals surface area contributed by atoms with E-state index in [0.717, 1.165) is 29.5 Å². The summed E-state index contributed by atoms with van der Waals surface area (Å²) in [6.45, 7) is 1.91. The SMILES string of the molecule is CC(NC(=O)c1cccc(S(=O)(=O)NC2CC2)c1)c1ccc(-c2ccccc2)cc1. The molecule has 4 rings (SSSR count). The smallest absolute Gasteiger partial charge is 0.251 e. The first-order chi connectivity index (χ1) is 14.4. The van der Waals surface area contributed by atoms with Gasteiger partial charge in [0, 0.05) is 11.6 Å². The number of amides is 1. The summed E-state index contributed by atoms with van der Waals surface area (Å²) in [6.07, 6.45) is 1.72. The van der Waals surface area contributed by atoms with Crippen LogP contribution in [-0.4, -0.2) is 20.4 Å². The van der Waals surface area contributed by atoms with Gasteiger partial charge < -0.3 is 5.32 Å². The third-order valence-corrected chi connectivity index (χ3v) is 6.69. The van der Waals surface area contributed by atoms with Crippen LogP contribution in [0.3, 0.4) is 0 Å². The average molecular weight is 421 g/mol. The highest BCUT2D eigenvalue weighted by Crippen LogP contribution is 2.24. The van der Waals surface area contributed by atoms with Crippen molar-refractivity contribution >= 4 is 15.9 Å². The van der Waals surface area contributed by atoms with Crippen molar-refractivity contribution in [1.82, 2.24) is 10.0 Å². The summed E-state index contributed by atoms with van der Waals surface area (Å²) in [5.41, 5.74) is 3.54. The van der Waals surface area contributed by atoms with Crippen LogP contribution >= 0.6 is 0 Å². The number of nitrogens with one attached hydrogen (secondary N) is 2. The lowest BCUT2D eigenvalue weighted by Gasteiger charge is -2.15. The van der Waals surface area contributed by atoms with Gasteiger partial charge in [-0.05, 0) is 54.7 Å². The normalized spacial score (nSPS) is 14.8. The fourth-order valence-electron chi connectivity index (χ4n) is 3.25. The van der Waals surface area contributed by atoms with Crippen molar-refractivity contribution in [2.75, 3.05) is 0 Å². The van der Waals surface area contributed by atoms with Gasteiger partial charge in [0.05, 0.1) is 10.9 Å². The van der Waals surface area contributed by atoms with Crippen LogP contribution in [0.15, 0.2) is 83.8 Å². The molecule has 0 aromatic heterocycles. The zero-order valence-electron chi connectivity index (χ0n) is 16.7. The van der Waals surface area contributed by atoms with Crippen LogP contribution in [0.2, 0.25) is 0 Å². The number of hydrogen-bond acceptors (Lipinski definition) is 3. The topological polar surface area (TPSA) is 75.3 Å². The molecule has 0 saturated heterocycles. The predicted molar refractivity (Wildman–Crippen MR) is 118 cm³/mol. The molecule has 1 aliphatic carbocycles. The van der Waals surface area contributed by atoms with Gasteiger partial charge in [0.15, 0.2) is 0 Å². The molecule has 0 radical (unpaired) electrons. The van der Waals surface area contributed by atoms with Gasteiger partial charge in [-0.1, -0.05) is 60.7 Å². The van der Waals surface area contributed by atoms with E-state index in [9.17, 15) is 13.2 Å². The van der Waals surface area contributed by atoms with E-state index in [1.807, 2.05) is 49.4 Å². The minimum atomic E-state index is -3.59. The lowest BCUT2D eigenvalue weighted by atomic mass is 10.0. The maximum Gasteiger partial charge on any atom is 0.251 e. The molecule has 0 bridgehead atoms. The Morgan fingerprint density at radius 2 is 1.57 bits per heavy atom. The highest BCUT2D eigenvalue weighted by Gasteiger charge is 2.28. The minimum absolute atomic E-state index is 0.0198. The second-order valence-corrected chi connectivity index (χ2v) is 9.32. The molecule has 1 fully saturated rings. The molecule has 154 valence electrons. The summed E-state index contributed by atoms with van der Waals surface area (Å²) in [6, 6.07) is 24.1. The summed E-state index contributed by atoms with van der Waals surface area (Å²) < 4.78 is 27.5. The predicted octanol–water partition coefficient (Wildman–Crippen LogP) is 4.29. The second-order valence-electron chi connectivity index (χ2n) is 7.61. The van der Waals surface area contributed by atoms with Crippen molar-refractivity contribution in [2.24, 2.45) is 0 Å². The monoisotopic (exact) mass is 420 g/mol. The van der Waals surface area contributed by atoms with Crippen LogP contribution in [0.5, 0.6) is 0 Å². The van der Waals surface area contributed by atoms with Crippen LogP contribution in [0.25, 0.3) is 11.1 Å². The number of sulfonamides is 1. The van der Waals surface area contributed by atoms with Crippen molar-refractivity contribution in [3.8, 4) is 11.1 Å². The Morgan fingerprint density at radius 3 is 2.23 bits per heavy atom. The van der Waals surface area contributed by atoms with Crippen molar-refractivity contribution in [3.63, 3.8) is 0 Å². The molecule has 1 amide bonds. The molecule has 5 nitrogen and oxygen atoms in total. The van der Waals surface area contributed by atoms with E-state index >= 15 is 0 Å². The summed E-state index contributed by atoms with van der Waals surface area (Å²) in [4.78, 5) is 12.8. The summed E-state index contributed by atoms with van der Waals surface area (Å²) >= 11 is 0. The second kappa shape index (κ2) is 8.42. The highest BCUT2D eigenvalue weighted by molar-refractivity contribution is 7.89. The largest absolute Gasteiger partial charge is 0.346 e. The molecule has 3 aromatic rings. The molecular weight excluding hydrogens is 396 g/mol. The van der Waals surface area contributed by atoms with Crippen LogP contribution in [0.1, 0.15) is 41.7 Å². The molecule has 2 N–H and O–H groups in total. The van der Waals surface area contributed by atoms with Crippen molar-refractivity contribution in [1.29, 1.82) is 0 Å². The van der Waals surface area contributed by atoms with E-state index in [-0.39, 0.29) is 22.9 Å². The molecule has 0 heterocycles. The fraction of sp³-hybridized carbons (Fsp3) is 0.208. The first kappa shape index (κ1) is 20.3. The van der Waals surface area contributed by atoms with Gasteiger partial charge in [-0.15, -0.1) is 0 Å². The minimum Gasteiger partial charge on any atom is -0.346 e. The maximum absolute atomic E-state index is 12.7. The fourth-order valence-corrected chi connectivity index (χ4v) is 4.60. The third-order valence-electron chi connectivity index (χ3n) is 5.17. The molecule has 30 heavy (non-hydrogen) atoms. The Labute approximate surface area is 177 Å². The first-order valence-corrected chi connectivity index (χ1v) is 11.5. The van der Waals surface area contributed by atoms with Gasteiger partial charge in [0.25, 0.3) is 5.91 Å². The van der Waals surface area contributed by atoms with E-state index < -0.39 is 10.0 Å². The lowest BCUT2D eigenvalue weighted by molar-refractivity contribution is 0.0939. The number of benzene rings is 3. The van der Waals surface area contributed by atoms with Crippen LogP contribution in [-0.2, 0) is 10.0 Å². The van der Waals surface area contributed by atoms with Crippen molar-refractivity contribution in [3.05, 3.63) is 90.0 Å². The molecule has 1 unspecified atom stereocenters. The first-order valence-electron chi connectivity index (χ1n) is 10.0. The quantitative estimate of drug-likeness (QED) is 0.599. The van der Waals surface area contributed by atoms with E-state index in [0.29, 0.717) is 5.56 Å². The Morgan fingerprint density at radius 1 is 0.900 bits per heavy atom. The lowest BCUT2D eigenvalue weighted by Crippen LogP contribution is -2.28. The van der Waals surface area contributed by atoms with Crippen LogP contribution < -0.4 is 10.0 Å². The van der Waals surface area contributed by atoms with Crippen LogP contribution in [0, 0.1) is 0 Å². The van der Waals surface area contributed by atoms with Crippen molar-refractivity contribution < 1.29 is 13.2 Å². The number of carbonyl (C=O) groups excluding carboxylic acids is 1. The van der Waals surface area contributed by atoms with Gasteiger partial charge in [-0.2, -0.15) is 0 Å². The van der Waals surface area contributed by atoms with E-state index in [1.54, 1.807) is 12.1 Å². The molecule has 0 aliphatic heterocycles.